The first-order valence-corrected chi connectivity index (χ1v) is 7.89. The Morgan fingerprint density at radius 3 is 2.48 bits per heavy atom. The second kappa shape index (κ2) is 8.36. The molecular weight excluding hydrogens is 294 g/mol. The summed E-state index contributed by atoms with van der Waals surface area (Å²) >= 11 is 0. The summed E-state index contributed by atoms with van der Waals surface area (Å²) in [5, 5.41) is 2.73. The standard InChI is InChI=1S/C18H23NO4/c1-22-16-11-7-6-10-14(16)12-15(18(21)23-2)19-17(20)13-8-4-3-5-9-13/h6-7,10-13H,3-5,8-9H2,1-2H3,(H,19,20)/b15-12+. The molecule has 23 heavy (non-hydrogen) atoms. The maximum atomic E-state index is 12.4. The second-order valence-corrected chi connectivity index (χ2v) is 5.62. The normalized spacial score (nSPS) is 15.8. The van der Waals surface area contributed by atoms with E-state index in [-0.39, 0.29) is 17.5 Å². The topological polar surface area (TPSA) is 64.6 Å². The number of methoxy groups -OCH3 is 2. The number of nitrogens with one attached hydrogen (secondary N) is 1. The monoisotopic (exact) mass is 317 g/mol. The molecule has 0 bridgehead atoms. The summed E-state index contributed by atoms with van der Waals surface area (Å²) in [6.07, 6.45) is 6.61. The van der Waals surface area contributed by atoms with Crippen molar-refractivity contribution >= 4 is 18.0 Å². The van der Waals surface area contributed by atoms with Gasteiger partial charge in [-0.15, -0.1) is 0 Å². The van der Waals surface area contributed by atoms with Gasteiger partial charge in [-0.05, 0) is 25.0 Å². The lowest BCUT2D eigenvalue weighted by molar-refractivity contribution is -0.138. The van der Waals surface area contributed by atoms with Crippen LogP contribution < -0.4 is 10.1 Å². The molecule has 1 aromatic rings. The maximum Gasteiger partial charge on any atom is 0.354 e. The number of para-hydroxylation sites is 1. The summed E-state index contributed by atoms with van der Waals surface area (Å²) in [4.78, 5) is 24.4. The summed E-state index contributed by atoms with van der Waals surface area (Å²) in [7, 11) is 2.86. The van der Waals surface area contributed by atoms with Gasteiger partial charge in [0.1, 0.15) is 11.4 Å². The molecule has 0 saturated heterocycles. The van der Waals surface area contributed by atoms with Crippen molar-refractivity contribution in [1.29, 1.82) is 0 Å². The molecular formula is C18H23NO4. The minimum absolute atomic E-state index is 0.0329. The Kier molecular flexibility index (Phi) is 6.20. The number of hydrogen-bond acceptors (Lipinski definition) is 4. The van der Waals surface area contributed by atoms with E-state index in [2.05, 4.69) is 5.32 Å². The van der Waals surface area contributed by atoms with Gasteiger partial charge in [-0.1, -0.05) is 37.5 Å². The zero-order chi connectivity index (χ0) is 16.7. The van der Waals surface area contributed by atoms with Crippen LogP contribution in [0.25, 0.3) is 6.08 Å². The van der Waals surface area contributed by atoms with Crippen molar-refractivity contribution in [2.75, 3.05) is 14.2 Å². The summed E-state index contributed by atoms with van der Waals surface area (Å²) in [6, 6.07) is 7.29. The van der Waals surface area contributed by atoms with Crippen molar-refractivity contribution in [2.24, 2.45) is 5.92 Å². The van der Waals surface area contributed by atoms with Gasteiger partial charge in [-0.2, -0.15) is 0 Å². The van der Waals surface area contributed by atoms with E-state index in [9.17, 15) is 9.59 Å². The average molecular weight is 317 g/mol. The van der Waals surface area contributed by atoms with Crippen LogP contribution in [-0.4, -0.2) is 26.1 Å². The first kappa shape index (κ1) is 17.1. The molecule has 2 rings (SSSR count). The third kappa shape index (κ3) is 4.58. The van der Waals surface area contributed by atoms with E-state index in [1.165, 1.54) is 13.5 Å². The molecule has 0 spiro atoms. The van der Waals surface area contributed by atoms with Crippen LogP contribution >= 0.6 is 0 Å². The minimum Gasteiger partial charge on any atom is -0.496 e. The number of rotatable bonds is 5. The fraction of sp³-hybridized carbons (Fsp3) is 0.444. The third-order valence-corrected chi connectivity index (χ3v) is 4.08. The number of hydrogen-bond donors (Lipinski definition) is 1. The summed E-state index contributed by atoms with van der Waals surface area (Å²) in [5.74, 6) is -0.0911. The van der Waals surface area contributed by atoms with Crippen molar-refractivity contribution in [1.82, 2.24) is 5.32 Å². The van der Waals surface area contributed by atoms with E-state index >= 15 is 0 Å². The van der Waals surface area contributed by atoms with Gasteiger partial charge in [-0.3, -0.25) is 4.79 Å². The van der Waals surface area contributed by atoms with Crippen molar-refractivity contribution in [2.45, 2.75) is 32.1 Å². The van der Waals surface area contributed by atoms with Crippen molar-refractivity contribution < 1.29 is 19.1 Å². The van der Waals surface area contributed by atoms with Gasteiger partial charge in [-0.25, -0.2) is 4.79 Å². The van der Waals surface area contributed by atoms with Crippen LogP contribution in [0.1, 0.15) is 37.7 Å². The molecule has 0 aliphatic heterocycles. The fourth-order valence-electron chi connectivity index (χ4n) is 2.80. The van der Waals surface area contributed by atoms with Crippen LogP contribution in [0.2, 0.25) is 0 Å². The lowest BCUT2D eigenvalue weighted by Gasteiger charge is -2.21. The highest BCUT2D eigenvalue weighted by molar-refractivity contribution is 5.98. The molecule has 0 unspecified atom stereocenters. The molecule has 0 aromatic heterocycles. The molecule has 1 aromatic carbocycles. The van der Waals surface area contributed by atoms with Crippen LogP contribution in [0.3, 0.4) is 0 Å². The molecule has 0 atom stereocenters. The number of carbonyl (C=O) groups is 2. The second-order valence-electron chi connectivity index (χ2n) is 5.62. The predicted molar refractivity (Wildman–Crippen MR) is 87.7 cm³/mol. The van der Waals surface area contributed by atoms with E-state index in [1.807, 2.05) is 18.2 Å². The van der Waals surface area contributed by atoms with Crippen LogP contribution in [0, 0.1) is 5.92 Å². The molecule has 0 radical (unpaired) electrons. The lowest BCUT2D eigenvalue weighted by Crippen LogP contribution is -2.34. The Morgan fingerprint density at radius 1 is 1.13 bits per heavy atom. The van der Waals surface area contributed by atoms with Gasteiger partial charge in [0.2, 0.25) is 5.91 Å². The third-order valence-electron chi connectivity index (χ3n) is 4.08. The van der Waals surface area contributed by atoms with Crippen LogP contribution in [0.4, 0.5) is 0 Å². The Balaban J connectivity index is 2.21. The van der Waals surface area contributed by atoms with Gasteiger partial charge in [0.05, 0.1) is 14.2 Å². The lowest BCUT2D eigenvalue weighted by atomic mass is 9.88. The van der Waals surface area contributed by atoms with Crippen molar-refractivity contribution in [3.8, 4) is 5.75 Å². The first-order valence-electron chi connectivity index (χ1n) is 7.89. The van der Waals surface area contributed by atoms with Crippen molar-refractivity contribution in [3.63, 3.8) is 0 Å². The molecule has 1 fully saturated rings. The molecule has 1 N–H and O–H groups in total. The smallest absolute Gasteiger partial charge is 0.354 e. The minimum atomic E-state index is -0.569. The van der Waals surface area contributed by atoms with E-state index < -0.39 is 5.97 Å². The number of ether oxygens (including phenoxy) is 2. The number of esters is 1. The number of carbonyl (C=O) groups excluding carboxylic acids is 2. The number of amides is 1. The number of benzene rings is 1. The molecule has 124 valence electrons. The van der Waals surface area contributed by atoms with Crippen LogP contribution in [-0.2, 0) is 14.3 Å². The fourth-order valence-corrected chi connectivity index (χ4v) is 2.80. The summed E-state index contributed by atoms with van der Waals surface area (Å²) in [5.41, 5.74) is 0.840. The highest BCUT2D eigenvalue weighted by Crippen LogP contribution is 2.25. The molecule has 5 nitrogen and oxygen atoms in total. The zero-order valence-electron chi connectivity index (χ0n) is 13.6. The quantitative estimate of drug-likeness (QED) is 0.670. The Morgan fingerprint density at radius 2 is 1.83 bits per heavy atom. The Bertz CT molecular complexity index is 588. The molecule has 1 saturated carbocycles. The van der Waals surface area contributed by atoms with E-state index in [1.54, 1.807) is 19.3 Å². The highest BCUT2D eigenvalue weighted by Gasteiger charge is 2.23. The van der Waals surface area contributed by atoms with E-state index in [0.29, 0.717) is 11.3 Å². The van der Waals surface area contributed by atoms with Gasteiger partial charge in [0.25, 0.3) is 0 Å². The SMILES string of the molecule is COC(=O)/C(=C\c1ccccc1OC)NC(=O)C1CCCCC1. The Hall–Kier alpha value is -2.30. The van der Waals surface area contributed by atoms with E-state index in [4.69, 9.17) is 9.47 Å². The average Bonchev–Trinajstić information content (AvgIpc) is 2.61. The van der Waals surface area contributed by atoms with Crippen molar-refractivity contribution in [3.05, 3.63) is 35.5 Å². The van der Waals surface area contributed by atoms with Crippen LogP contribution in [0.15, 0.2) is 30.0 Å². The van der Waals surface area contributed by atoms with Crippen LogP contribution in [0.5, 0.6) is 5.75 Å². The molecule has 1 aliphatic carbocycles. The largest absolute Gasteiger partial charge is 0.496 e. The molecule has 1 amide bonds. The molecule has 5 heteroatoms. The summed E-state index contributed by atoms with van der Waals surface area (Å²) < 4.78 is 10.1. The highest BCUT2D eigenvalue weighted by atomic mass is 16.5. The zero-order valence-corrected chi connectivity index (χ0v) is 13.6. The van der Waals surface area contributed by atoms with Gasteiger partial charge in [0, 0.05) is 11.5 Å². The maximum absolute atomic E-state index is 12.4. The first-order chi connectivity index (χ1) is 11.2. The summed E-state index contributed by atoms with van der Waals surface area (Å²) in [6.45, 7) is 0. The van der Waals surface area contributed by atoms with Gasteiger partial charge in [0.15, 0.2) is 0 Å². The van der Waals surface area contributed by atoms with Gasteiger partial charge < -0.3 is 14.8 Å². The van der Waals surface area contributed by atoms with Gasteiger partial charge >= 0.3 is 5.97 Å². The predicted octanol–water partition coefficient (Wildman–Crippen LogP) is 2.91. The van der Waals surface area contributed by atoms with E-state index in [0.717, 1.165) is 25.7 Å². The molecule has 1 aliphatic rings. The molecule has 0 heterocycles. The Labute approximate surface area is 136 Å².